The van der Waals surface area contributed by atoms with Gasteiger partial charge in [-0.25, -0.2) is 0 Å². The van der Waals surface area contributed by atoms with Gasteiger partial charge >= 0.3 is 0 Å². The van der Waals surface area contributed by atoms with Gasteiger partial charge in [0.1, 0.15) is 11.5 Å². The summed E-state index contributed by atoms with van der Waals surface area (Å²) in [5, 5.41) is 0. The van der Waals surface area contributed by atoms with E-state index in [0.717, 1.165) is 16.5 Å². The highest BCUT2D eigenvalue weighted by atomic mass is 79.9. The van der Waals surface area contributed by atoms with Gasteiger partial charge < -0.3 is 9.47 Å². The molecule has 1 atom stereocenters. The Bertz CT molecular complexity index is 793. The molecule has 0 aliphatic heterocycles. The van der Waals surface area contributed by atoms with Crippen molar-refractivity contribution < 1.29 is 19.1 Å². The molecule has 2 aromatic carbocycles. The third kappa shape index (κ3) is 6.60. The molecular weight excluding hydrogens is 412 g/mol. The molecule has 27 heavy (non-hydrogen) atoms. The number of carbonyl (C=O) groups is 2. The van der Waals surface area contributed by atoms with E-state index in [1.54, 1.807) is 13.0 Å². The topological polar surface area (TPSA) is 76.7 Å². The van der Waals surface area contributed by atoms with Gasteiger partial charge in [0.2, 0.25) is 0 Å². The Morgan fingerprint density at radius 2 is 1.81 bits per heavy atom. The van der Waals surface area contributed by atoms with Crippen LogP contribution in [-0.4, -0.2) is 24.5 Å². The first-order valence-corrected chi connectivity index (χ1v) is 9.41. The van der Waals surface area contributed by atoms with Crippen LogP contribution in [0.15, 0.2) is 46.9 Å². The zero-order chi connectivity index (χ0) is 19.8. The number of aryl methyl sites for hydroxylation is 2. The Balaban J connectivity index is 1.75. The Hall–Kier alpha value is -2.54. The molecule has 2 amide bonds. The smallest absolute Gasteiger partial charge is 0.279 e. The van der Waals surface area contributed by atoms with Crippen molar-refractivity contribution in [2.24, 2.45) is 0 Å². The molecular formula is C20H23BrN2O4. The van der Waals surface area contributed by atoms with Gasteiger partial charge in [0.15, 0.2) is 12.7 Å². The predicted octanol–water partition coefficient (Wildman–Crippen LogP) is 3.31. The SMILES string of the molecule is CCc1ccc(OC(C)C(=O)NNC(=O)COc2ccc(C)cc2Br)cc1. The lowest BCUT2D eigenvalue weighted by Crippen LogP contribution is -2.48. The molecule has 0 saturated carbocycles. The summed E-state index contributed by atoms with van der Waals surface area (Å²) < 4.78 is 11.7. The second-order valence-electron chi connectivity index (χ2n) is 6.02. The van der Waals surface area contributed by atoms with Crippen molar-refractivity contribution in [3.8, 4) is 11.5 Å². The Kier molecular flexibility index (Phi) is 7.67. The van der Waals surface area contributed by atoms with Crippen LogP contribution in [0.5, 0.6) is 11.5 Å². The van der Waals surface area contributed by atoms with Crippen LogP contribution >= 0.6 is 15.9 Å². The minimum absolute atomic E-state index is 0.227. The van der Waals surface area contributed by atoms with E-state index in [2.05, 4.69) is 33.7 Å². The van der Waals surface area contributed by atoms with Gasteiger partial charge in [-0.3, -0.25) is 20.4 Å². The van der Waals surface area contributed by atoms with Crippen LogP contribution in [0.3, 0.4) is 0 Å². The van der Waals surface area contributed by atoms with Crippen LogP contribution in [0.25, 0.3) is 0 Å². The van der Waals surface area contributed by atoms with E-state index in [1.165, 1.54) is 5.56 Å². The Labute approximate surface area is 167 Å². The lowest BCUT2D eigenvalue weighted by Gasteiger charge is -2.15. The summed E-state index contributed by atoms with van der Waals surface area (Å²) >= 11 is 3.38. The minimum Gasteiger partial charge on any atom is -0.483 e. The largest absolute Gasteiger partial charge is 0.483 e. The van der Waals surface area contributed by atoms with Gasteiger partial charge in [-0.15, -0.1) is 0 Å². The van der Waals surface area contributed by atoms with Crippen LogP contribution in [0, 0.1) is 6.92 Å². The molecule has 2 N–H and O–H groups in total. The maximum Gasteiger partial charge on any atom is 0.279 e. The Morgan fingerprint density at radius 1 is 1.11 bits per heavy atom. The highest BCUT2D eigenvalue weighted by molar-refractivity contribution is 9.10. The van der Waals surface area contributed by atoms with Gasteiger partial charge in [0, 0.05) is 0 Å². The molecule has 6 nitrogen and oxygen atoms in total. The summed E-state index contributed by atoms with van der Waals surface area (Å²) in [6.45, 7) is 5.40. The number of amides is 2. The van der Waals surface area contributed by atoms with Crippen LogP contribution in [0.1, 0.15) is 25.0 Å². The molecule has 0 bridgehead atoms. The van der Waals surface area contributed by atoms with Crippen molar-refractivity contribution in [3.05, 3.63) is 58.1 Å². The lowest BCUT2D eigenvalue weighted by molar-refractivity contribution is -0.133. The predicted molar refractivity (Wildman–Crippen MR) is 107 cm³/mol. The molecule has 2 aromatic rings. The highest BCUT2D eigenvalue weighted by Gasteiger charge is 2.15. The van der Waals surface area contributed by atoms with Crippen molar-refractivity contribution >= 4 is 27.7 Å². The highest BCUT2D eigenvalue weighted by Crippen LogP contribution is 2.25. The van der Waals surface area contributed by atoms with E-state index >= 15 is 0 Å². The summed E-state index contributed by atoms with van der Waals surface area (Å²) in [4.78, 5) is 23.9. The standard InChI is InChI=1S/C20H23BrN2O4/c1-4-15-6-8-16(9-7-15)27-14(3)20(25)23-22-19(24)12-26-18-10-5-13(2)11-17(18)21/h5-11,14H,4,12H2,1-3H3,(H,22,24)(H,23,25). The van der Waals surface area contributed by atoms with Crippen molar-refractivity contribution in [2.75, 3.05) is 6.61 Å². The molecule has 0 aliphatic rings. The van der Waals surface area contributed by atoms with Gasteiger partial charge in [0.25, 0.3) is 11.8 Å². The molecule has 2 rings (SSSR count). The number of carbonyl (C=O) groups excluding carboxylic acids is 2. The fraction of sp³-hybridized carbons (Fsp3) is 0.300. The van der Waals surface area contributed by atoms with Gasteiger partial charge in [-0.2, -0.15) is 0 Å². The van der Waals surface area contributed by atoms with Crippen LogP contribution in [-0.2, 0) is 16.0 Å². The first-order valence-electron chi connectivity index (χ1n) is 8.62. The Morgan fingerprint density at radius 3 is 2.44 bits per heavy atom. The molecule has 0 saturated heterocycles. The van der Waals surface area contributed by atoms with E-state index in [-0.39, 0.29) is 6.61 Å². The summed E-state index contributed by atoms with van der Waals surface area (Å²) in [6, 6.07) is 13.1. The summed E-state index contributed by atoms with van der Waals surface area (Å²) in [5.74, 6) is 0.206. The first-order chi connectivity index (χ1) is 12.9. The van der Waals surface area contributed by atoms with Crippen LogP contribution in [0.4, 0.5) is 0 Å². The third-order valence-corrected chi connectivity index (χ3v) is 4.40. The van der Waals surface area contributed by atoms with Crippen LogP contribution < -0.4 is 20.3 Å². The maximum atomic E-state index is 12.0. The quantitative estimate of drug-likeness (QED) is 0.655. The molecule has 0 heterocycles. The van der Waals surface area contributed by atoms with Crippen molar-refractivity contribution in [1.29, 1.82) is 0 Å². The lowest BCUT2D eigenvalue weighted by atomic mass is 10.2. The molecule has 144 valence electrons. The third-order valence-electron chi connectivity index (χ3n) is 3.78. The number of rotatable bonds is 7. The molecule has 7 heteroatoms. The minimum atomic E-state index is -0.759. The second kappa shape index (κ2) is 9.97. The number of halogens is 1. The summed E-state index contributed by atoms with van der Waals surface area (Å²) in [7, 11) is 0. The molecule has 1 unspecified atom stereocenters. The first kappa shape index (κ1) is 20.8. The van der Waals surface area contributed by atoms with Gasteiger partial charge in [0.05, 0.1) is 4.47 Å². The van der Waals surface area contributed by atoms with E-state index < -0.39 is 17.9 Å². The van der Waals surface area contributed by atoms with E-state index in [9.17, 15) is 9.59 Å². The average Bonchev–Trinajstić information content (AvgIpc) is 2.66. The molecule has 0 aliphatic carbocycles. The molecule has 0 spiro atoms. The zero-order valence-corrected chi connectivity index (χ0v) is 17.1. The van der Waals surface area contributed by atoms with Gasteiger partial charge in [-0.1, -0.05) is 25.1 Å². The van der Waals surface area contributed by atoms with Crippen LogP contribution in [0.2, 0.25) is 0 Å². The zero-order valence-electron chi connectivity index (χ0n) is 15.5. The van der Waals surface area contributed by atoms with Gasteiger partial charge in [-0.05, 0) is 71.6 Å². The van der Waals surface area contributed by atoms with E-state index in [4.69, 9.17) is 9.47 Å². The number of nitrogens with one attached hydrogen (secondary N) is 2. The molecule has 0 radical (unpaired) electrons. The van der Waals surface area contributed by atoms with Crippen molar-refractivity contribution in [2.45, 2.75) is 33.3 Å². The van der Waals surface area contributed by atoms with E-state index in [1.807, 2.05) is 43.3 Å². The number of hydrazine groups is 1. The number of benzene rings is 2. The normalized spacial score (nSPS) is 11.4. The van der Waals surface area contributed by atoms with Crippen molar-refractivity contribution in [3.63, 3.8) is 0 Å². The second-order valence-corrected chi connectivity index (χ2v) is 6.87. The van der Waals surface area contributed by atoms with E-state index in [0.29, 0.717) is 11.5 Å². The monoisotopic (exact) mass is 434 g/mol. The summed E-state index contributed by atoms with van der Waals surface area (Å²) in [5.41, 5.74) is 6.90. The fourth-order valence-corrected chi connectivity index (χ4v) is 2.80. The average molecular weight is 435 g/mol. The fourth-order valence-electron chi connectivity index (χ4n) is 2.20. The molecule has 0 aromatic heterocycles. The number of hydrogen-bond acceptors (Lipinski definition) is 4. The molecule has 0 fully saturated rings. The maximum absolute atomic E-state index is 12.0. The van der Waals surface area contributed by atoms with Crippen molar-refractivity contribution in [1.82, 2.24) is 10.9 Å². The number of hydrogen-bond donors (Lipinski definition) is 2. The summed E-state index contributed by atoms with van der Waals surface area (Å²) in [6.07, 6.45) is 0.175. The number of ether oxygens (including phenoxy) is 2.